The highest BCUT2D eigenvalue weighted by atomic mass is 19.4. The lowest BCUT2D eigenvalue weighted by Gasteiger charge is -2.22. The van der Waals surface area contributed by atoms with Crippen molar-refractivity contribution < 1.29 is 22.0 Å². The minimum Gasteiger partial charge on any atom is -0.362 e. The molecule has 0 bridgehead atoms. The maximum atomic E-state index is 14.2. The van der Waals surface area contributed by atoms with Crippen LogP contribution in [0.25, 0.3) is 10.8 Å². The fraction of sp³-hybridized carbons (Fsp3) is 0.440. The first-order valence-electron chi connectivity index (χ1n) is 11.2. The van der Waals surface area contributed by atoms with Crippen LogP contribution in [0.3, 0.4) is 0 Å². The summed E-state index contributed by atoms with van der Waals surface area (Å²) in [5, 5.41) is 16.0. The van der Waals surface area contributed by atoms with Gasteiger partial charge >= 0.3 is 6.18 Å². The molecule has 1 aliphatic heterocycles. The Kier molecular flexibility index (Phi) is 6.50. The summed E-state index contributed by atoms with van der Waals surface area (Å²) in [6.07, 6.45) is -4.10. The highest BCUT2D eigenvalue weighted by Crippen LogP contribution is 2.38. The molecule has 9 heteroatoms. The van der Waals surface area contributed by atoms with Gasteiger partial charge in [0.05, 0.1) is 23.8 Å². The number of benzene rings is 2. The molecule has 1 aromatic heterocycles. The lowest BCUT2D eigenvalue weighted by atomic mass is 9.89. The molecular weight excluding hydrogens is 451 g/mol. The van der Waals surface area contributed by atoms with E-state index in [1.54, 1.807) is 13.0 Å². The molecule has 1 saturated heterocycles. The van der Waals surface area contributed by atoms with Crippen LogP contribution < -0.4 is 10.6 Å². The van der Waals surface area contributed by atoms with Crippen LogP contribution in [0.4, 0.5) is 27.8 Å². The second-order valence-corrected chi connectivity index (χ2v) is 9.05. The molecular formula is C25H27F5N4. The van der Waals surface area contributed by atoms with Gasteiger partial charge in [-0.1, -0.05) is 24.3 Å². The SMILES string of the molecule is Cc1c([C@@H](C)Nc2nnc(C)c3ccc(C4CCNCC(F)(F)C4)cc23)cccc1C(F)(F)F. The van der Waals surface area contributed by atoms with Gasteiger partial charge in [0.2, 0.25) is 0 Å². The van der Waals surface area contributed by atoms with Crippen LogP contribution in [0.1, 0.15) is 59.7 Å². The van der Waals surface area contributed by atoms with Crippen molar-refractivity contribution in [2.45, 2.75) is 57.7 Å². The van der Waals surface area contributed by atoms with Gasteiger partial charge in [0.25, 0.3) is 5.92 Å². The standard InChI is InChI=1S/C25H27F5N4/c1-14-19(5-4-6-22(14)25(28,29)30)15(2)32-23-21-11-17(7-8-20(21)16(3)33-34-23)18-9-10-31-13-24(26,27)12-18/h4-8,11,15,18,31H,9-10,12-13H2,1-3H3,(H,32,34)/t15-,18?/m1/s1. The number of nitrogens with one attached hydrogen (secondary N) is 2. The number of rotatable bonds is 4. The number of halogens is 5. The molecule has 0 radical (unpaired) electrons. The number of aryl methyl sites for hydroxylation is 1. The smallest absolute Gasteiger partial charge is 0.362 e. The first-order chi connectivity index (χ1) is 16.0. The summed E-state index contributed by atoms with van der Waals surface area (Å²) < 4.78 is 68.5. The predicted octanol–water partition coefficient (Wildman–Crippen LogP) is 6.54. The topological polar surface area (TPSA) is 49.8 Å². The minimum atomic E-state index is -4.44. The van der Waals surface area contributed by atoms with Gasteiger partial charge < -0.3 is 10.6 Å². The maximum absolute atomic E-state index is 14.2. The molecule has 1 aliphatic rings. The summed E-state index contributed by atoms with van der Waals surface area (Å²) in [5.41, 5.74) is 1.44. The largest absolute Gasteiger partial charge is 0.416 e. The number of hydrogen-bond acceptors (Lipinski definition) is 4. The lowest BCUT2D eigenvalue weighted by molar-refractivity contribution is -0.138. The van der Waals surface area contributed by atoms with E-state index in [0.717, 1.165) is 17.0 Å². The molecule has 3 aromatic rings. The van der Waals surface area contributed by atoms with Crippen molar-refractivity contribution >= 4 is 16.6 Å². The predicted molar refractivity (Wildman–Crippen MR) is 122 cm³/mol. The highest BCUT2D eigenvalue weighted by molar-refractivity contribution is 5.93. The molecule has 2 aromatic carbocycles. The number of anilines is 1. The normalized spacial score (nSPS) is 19.6. The summed E-state index contributed by atoms with van der Waals surface area (Å²) in [6.45, 7) is 5.19. The molecule has 4 rings (SSSR count). The van der Waals surface area contributed by atoms with Crippen molar-refractivity contribution in [3.05, 3.63) is 64.3 Å². The summed E-state index contributed by atoms with van der Waals surface area (Å²) >= 11 is 0. The van der Waals surface area contributed by atoms with Gasteiger partial charge in [-0.25, -0.2) is 8.78 Å². The average Bonchev–Trinajstić information content (AvgIpc) is 2.95. The van der Waals surface area contributed by atoms with E-state index in [1.807, 2.05) is 25.1 Å². The van der Waals surface area contributed by atoms with Crippen LogP contribution >= 0.6 is 0 Å². The molecule has 4 nitrogen and oxygen atoms in total. The lowest BCUT2D eigenvalue weighted by Crippen LogP contribution is -2.30. The zero-order chi connectivity index (χ0) is 24.7. The van der Waals surface area contributed by atoms with Crippen molar-refractivity contribution in [2.24, 2.45) is 0 Å². The zero-order valence-corrected chi connectivity index (χ0v) is 19.2. The quantitative estimate of drug-likeness (QED) is 0.418. The summed E-state index contributed by atoms with van der Waals surface area (Å²) in [7, 11) is 0. The van der Waals surface area contributed by atoms with Crippen LogP contribution in [-0.2, 0) is 6.18 Å². The summed E-state index contributed by atoms with van der Waals surface area (Å²) in [4.78, 5) is 0. The van der Waals surface area contributed by atoms with Gasteiger partial charge in [-0.05, 0) is 68.5 Å². The Hall–Kier alpha value is -2.81. The van der Waals surface area contributed by atoms with Gasteiger partial charge in [-0.15, -0.1) is 5.10 Å². The van der Waals surface area contributed by atoms with Gasteiger partial charge in [-0.2, -0.15) is 18.3 Å². The minimum absolute atomic E-state index is 0.147. The Balaban J connectivity index is 1.71. The number of fused-ring (bicyclic) bond motifs is 1. The number of hydrogen-bond donors (Lipinski definition) is 2. The first kappa shape index (κ1) is 24.3. The molecule has 34 heavy (non-hydrogen) atoms. The number of aromatic nitrogens is 2. The van der Waals surface area contributed by atoms with Crippen LogP contribution in [0.5, 0.6) is 0 Å². The maximum Gasteiger partial charge on any atom is 0.416 e. The van der Waals surface area contributed by atoms with Crippen LogP contribution in [-0.4, -0.2) is 29.2 Å². The van der Waals surface area contributed by atoms with E-state index in [-0.39, 0.29) is 24.4 Å². The molecule has 0 aliphatic carbocycles. The number of nitrogens with zero attached hydrogens (tertiary/aromatic N) is 2. The Morgan fingerprint density at radius 3 is 2.59 bits per heavy atom. The molecule has 2 heterocycles. The Bertz CT molecular complexity index is 1190. The monoisotopic (exact) mass is 478 g/mol. The van der Waals surface area contributed by atoms with Crippen LogP contribution in [0.15, 0.2) is 36.4 Å². The van der Waals surface area contributed by atoms with Gasteiger partial charge in [-0.3, -0.25) is 0 Å². The molecule has 1 fully saturated rings. The second kappa shape index (κ2) is 9.09. The van der Waals surface area contributed by atoms with Gasteiger partial charge in [0.1, 0.15) is 0 Å². The molecule has 1 unspecified atom stereocenters. The van der Waals surface area contributed by atoms with Gasteiger partial charge in [0, 0.05) is 17.2 Å². The highest BCUT2D eigenvalue weighted by Gasteiger charge is 2.35. The van der Waals surface area contributed by atoms with Crippen molar-refractivity contribution in [3.8, 4) is 0 Å². The fourth-order valence-electron chi connectivity index (χ4n) is 4.75. The zero-order valence-electron chi connectivity index (χ0n) is 19.2. The van der Waals surface area contributed by atoms with E-state index in [0.29, 0.717) is 35.4 Å². The first-order valence-corrected chi connectivity index (χ1v) is 11.2. The van der Waals surface area contributed by atoms with Crippen molar-refractivity contribution in [1.29, 1.82) is 0 Å². The molecule has 2 N–H and O–H groups in total. The summed E-state index contributed by atoms with van der Waals surface area (Å²) in [6, 6.07) is 9.19. The van der Waals surface area contributed by atoms with Crippen LogP contribution in [0, 0.1) is 13.8 Å². The van der Waals surface area contributed by atoms with E-state index in [1.165, 1.54) is 13.0 Å². The third-order valence-corrected chi connectivity index (χ3v) is 6.56. The molecule has 0 saturated carbocycles. The molecule has 0 amide bonds. The summed E-state index contributed by atoms with van der Waals surface area (Å²) in [5.74, 6) is -2.71. The van der Waals surface area contributed by atoms with E-state index in [4.69, 9.17) is 0 Å². The van der Waals surface area contributed by atoms with E-state index >= 15 is 0 Å². The Labute approximate surface area is 195 Å². The number of alkyl halides is 5. The average molecular weight is 479 g/mol. The molecule has 0 spiro atoms. The van der Waals surface area contributed by atoms with Crippen molar-refractivity contribution in [1.82, 2.24) is 15.5 Å². The Morgan fingerprint density at radius 1 is 1.09 bits per heavy atom. The van der Waals surface area contributed by atoms with Crippen molar-refractivity contribution in [2.75, 3.05) is 18.4 Å². The van der Waals surface area contributed by atoms with E-state index in [2.05, 4.69) is 20.8 Å². The Morgan fingerprint density at radius 2 is 1.85 bits per heavy atom. The van der Waals surface area contributed by atoms with Crippen molar-refractivity contribution in [3.63, 3.8) is 0 Å². The third kappa shape index (κ3) is 4.99. The molecule has 182 valence electrons. The van der Waals surface area contributed by atoms with Crippen LogP contribution in [0.2, 0.25) is 0 Å². The molecule has 2 atom stereocenters. The van der Waals surface area contributed by atoms with E-state index < -0.39 is 23.7 Å². The van der Waals surface area contributed by atoms with Gasteiger partial charge in [0.15, 0.2) is 5.82 Å². The third-order valence-electron chi connectivity index (χ3n) is 6.56. The second-order valence-electron chi connectivity index (χ2n) is 9.05. The van der Waals surface area contributed by atoms with E-state index in [9.17, 15) is 22.0 Å². The fourth-order valence-corrected chi connectivity index (χ4v) is 4.75.